The Morgan fingerprint density at radius 2 is 1.91 bits per heavy atom. The Hall–Kier alpha value is -2.28. The van der Waals surface area contributed by atoms with Crippen molar-refractivity contribution in [1.29, 1.82) is 5.26 Å². The SMILES string of the molecule is Cc1ccccc1NC(=O)/C(C#N)=C/c1ccc(Cl)c(Cl)c1. The van der Waals surface area contributed by atoms with Gasteiger partial charge >= 0.3 is 0 Å². The van der Waals surface area contributed by atoms with Gasteiger partial charge in [0, 0.05) is 5.69 Å². The summed E-state index contributed by atoms with van der Waals surface area (Å²) in [6.07, 6.45) is 1.47. The van der Waals surface area contributed by atoms with Gasteiger partial charge in [-0.2, -0.15) is 5.26 Å². The molecule has 0 aliphatic rings. The highest BCUT2D eigenvalue weighted by Gasteiger charge is 2.11. The van der Waals surface area contributed by atoms with E-state index in [2.05, 4.69) is 5.32 Å². The maximum absolute atomic E-state index is 12.2. The van der Waals surface area contributed by atoms with E-state index in [1.165, 1.54) is 6.08 Å². The van der Waals surface area contributed by atoms with Gasteiger partial charge in [0.15, 0.2) is 0 Å². The van der Waals surface area contributed by atoms with Crippen molar-refractivity contribution >= 4 is 40.9 Å². The second-order valence-corrected chi connectivity index (χ2v) is 5.43. The standard InChI is InChI=1S/C17H12Cl2N2O/c1-11-4-2-3-5-16(11)21-17(22)13(10-20)8-12-6-7-14(18)15(19)9-12/h2-9H,1H3,(H,21,22)/b13-8+. The number of nitriles is 1. The first-order chi connectivity index (χ1) is 10.5. The quantitative estimate of drug-likeness (QED) is 0.646. The zero-order chi connectivity index (χ0) is 16.1. The molecule has 0 fully saturated rings. The Morgan fingerprint density at radius 1 is 1.18 bits per heavy atom. The van der Waals surface area contributed by atoms with Gasteiger partial charge in [0.05, 0.1) is 10.0 Å². The predicted octanol–water partition coefficient (Wildman–Crippen LogP) is 4.85. The first kappa shape index (κ1) is 16.1. The van der Waals surface area contributed by atoms with Gasteiger partial charge in [0.2, 0.25) is 0 Å². The molecular weight excluding hydrogens is 319 g/mol. The molecule has 0 saturated heterocycles. The number of para-hydroxylation sites is 1. The lowest BCUT2D eigenvalue weighted by Gasteiger charge is -2.07. The molecule has 110 valence electrons. The Morgan fingerprint density at radius 3 is 2.55 bits per heavy atom. The van der Waals surface area contributed by atoms with Gasteiger partial charge < -0.3 is 5.32 Å². The number of hydrogen-bond acceptors (Lipinski definition) is 2. The van der Waals surface area contributed by atoms with Crippen molar-refractivity contribution in [3.8, 4) is 6.07 Å². The Bertz CT molecular complexity index is 791. The van der Waals surface area contributed by atoms with Crippen LogP contribution in [0.5, 0.6) is 0 Å². The lowest BCUT2D eigenvalue weighted by Crippen LogP contribution is -2.14. The molecule has 0 saturated carbocycles. The van der Waals surface area contributed by atoms with E-state index in [1.54, 1.807) is 24.3 Å². The van der Waals surface area contributed by atoms with E-state index >= 15 is 0 Å². The highest BCUT2D eigenvalue weighted by molar-refractivity contribution is 6.42. The van der Waals surface area contributed by atoms with Crippen LogP contribution >= 0.6 is 23.2 Å². The lowest BCUT2D eigenvalue weighted by atomic mass is 10.1. The summed E-state index contributed by atoms with van der Waals surface area (Å²) in [5, 5.41) is 12.7. The molecule has 5 heteroatoms. The molecule has 0 bridgehead atoms. The number of rotatable bonds is 3. The summed E-state index contributed by atoms with van der Waals surface area (Å²) in [5.74, 6) is -0.470. The molecule has 22 heavy (non-hydrogen) atoms. The molecule has 0 heterocycles. The van der Waals surface area contributed by atoms with E-state index in [9.17, 15) is 10.1 Å². The second-order valence-electron chi connectivity index (χ2n) is 4.61. The molecule has 0 radical (unpaired) electrons. The van der Waals surface area contributed by atoms with E-state index in [4.69, 9.17) is 23.2 Å². The van der Waals surface area contributed by atoms with Crippen molar-refractivity contribution in [1.82, 2.24) is 0 Å². The van der Waals surface area contributed by atoms with E-state index < -0.39 is 5.91 Å². The number of benzene rings is 2. The molecule has 0 spiro atoms. The number of carbonyl (C=O) groups is 1. The van der Waals surface area contributed by atoms with E-state index in [-0.39, 0.29) is 5.57 Å². The molecule has 3 nitrogen and oxygen atoms in total. The molecule has 0 unspecified atom stereocenters. The van der Waals surface area contributed by atoms with Crippen LogP contribution in [0.3, 0.4) is 0 Å². The van der Waals surface area contributed by atoms with E-state index in [0.29, 0.717) is 21.3 Å². The molecule has 1 amide bonds. The third-order valence-electron chi connectivity index (χ3n) is 3.01. The molecule has 0 aliphatic heterocycles. The number of carbonyl (C=O) groups excluding carboxylic acids is 1. The number of anilines is 1. The van der Waals surface area contributed by atoms with Gasteiger partial charge in [-0.15, -0.1) is 0 Å². The molecular formula is C17H12Cl2N2O. The average Bonchev–Trinajstić information content (AvgIpc) is 2.50. The van der Waals surface area contributed by atoms with Gasteiger partial charge in [-0.05, 0) is 42.3 Å². The topological polar surface area (TPSA) is 52.9 Å². The third-order valence-corrected chi connectivity index (χ3v) is 3.75. The van der Waals surface area contributed by atoms with Crippen LogP contribution < -0.4 is 5.32 Å². The van der Waals surface area contributed by atoms with Crippen LogP contribution in [0, 0.1) is 18.3 Å². The summed E-state index contributed by atoms with van der Waals surface area (Å²) in [5.41, 5.74) is 2.21. The minimum atomic E-state index is -0.470. The summed E-state index contributed by atoms with van der Waals surface area (Å²) in [6, 6.07) is 14.2. The Kier molecular flexibility index (Phi) is 5.21. The van der Waals surface area contributed by atoms with Gasteiger partial charge in [0.25, 0.3) is 5.91 Å². The predicted molar refractivity (Wildman–Crippen MR) is 89.9 cm³/mol. The first-order valence-electron chi connectivity index (χ1n) is 6.45. The summed E-state index contributed by atoms with van der Waals surface area (Å²) in [6.45, 7) is 1.88. The van der Waals surface area contributed by atoms with Gasteiger partial charge in [-0.3, -0.25) is 4.79 Å². The highest BCUT2D eigenvalue weighted by atomic mass is 35.5. The molecule has 0 aliphatic carbocycles. The van der Waals surface area contributed by atoms with E-state index in [0.717, 1.165) is 5.56 Å². The van der Waals surface area contributed by atoms with Crippen molar-refractivity contribution in [2.45, 2.75) is 6.92 Å². The number of halogens is 2. The molecule has 2 aromatic rings. The maximum atomic E-state index is 12.2. The fourth-order valence-electron chi connectivity index (χ4n) is 1.82. The molecule has 2 aromatic carbocycles. The average molecular weight is 331 g/mol. The Balaban J connectivity index is 2.26. The van der Waals surface area contributed by atoms with Crippen molar-refractivity contribution in [2.24, 2.45) is 0 Å². The summed E-state index contributed by atoms with van der Waals surface area (Å²) < 4.78 is 0. The molecule has 0 atom stereocenters. The van der Waals surface area contributed by atoms with Crippen LogP contribution in [0.2, 0.25) is 10.0 Å². The summed E-state index contributed by atoms with van der Waals surface area (Å²) >= 11 is 11.8. The second kappa shape index (κ2) is 7.13. The van der Waals surface area contributed by atoms with Crippen LogP contribution in [0.15, 0.2) is 48.0 Å². The number of nitrogens with zero attached hydrogens (tertiary/aromatic N) is 1. The zero-order valence-electron chi connectivity index (χ0n) is 11.7. The maximum Gasteiger partial charge on any atom is 0.266 e. The van der Waals surface area contributed by atoms with Crippen molar-refractivity contribution in [3.05, 3.63) is 69.2 Å². The zero-order valence-corrected chi connectivity index (χ0v) is 13.2. The van der Waals surface area contributed by atoms with Crippen LogP contribution in [0.1, 0.15) is 11.1 Å². The fraction of sp³-hybridized carbons (Fsp3) is 0.0588. The largest absolute Gasteiger partial charge is 0.321 e. The van der Waals surface area contributed by atoms with Crippen LogP contribution in [-0.4, -0.2) is 5.91 Å². The molecule has 2 rings (SSSR count). The summed E-state index contributed by atoms with van der Waals surface area (Å²) in [7, 11) is 0. The first-order valence-corrected chi connectivity index (χ1v) is 7.20. The van der Waals surface area contributed by atoms with Crippen LogP contribution in [-0.2, 0) is 4.79 Å². The molecule has 0 aromatic heterocycles. The normalized spacial score (nSPS) is 10.9. The minimum Gasteiger partial charge on any atom is -0.321 e. The van der Waals surface area contributed by atoms with Gasteiger partial charge in [-0.25, -0.2) is 0 Å². The van der Waals surface area contributed by atoms with Gasteiger partial charge in [0.1, 0.15) is 11.6 Å². The van der Waals surface area contributed by atoms with Crippen molar-refractivity contribution in [2.75, 3.05) is 5.32 Å². The van der Waals surface area contributed by atoms with E-state index in [1.807, 2.05) is 31.2 Å². The van der Waals surface area contributed by atoms with Crippen molar-refractivity contribution < 1.29 is 4.79 Å². The fourth-order valence-corrected chi connectivity index (χ4v) is 2.13. The Labute approximate surface area is 138 Å². The number of aryl methyl sites for hydroxylation is 1. The third kappa shape index (κ3) is 3.88. The number of amides is 1. The van der Waals surface area contributed by atoms with Gasteiger partial charge in [-0.1, -0.05) is 47.5 Å². The lowest BCUT2D eigenvalue weighted by molar-refractivity contribution is -0.112. The molecule has 1 N–H and O–H groups in total. The smallest absolute Gasteiger partial charge is 0.266 e. The van der Waals surface area contributed by atoms with Crippen molar-refractivity contribution in [3.63, 3.8) is 0 Å². The monoisotopic (exact) mass is 330 g/mol. The van der Waals surface area contributed by atoms with Crippen LogP contribution in [0.4, 0.5) is 5.69 Å². The number of nitrogens with one attached hydrogen (secondary N) is 1. The minimum absolute atomic E-state index is 0.0124. The number of hydrogen-bond donors (Lipinski definition) is 1. The highest BCUT2D eigenvalue weighted by Crippen LogP contribution is 2.24. The van der Waals surface area contributed by atoms with Crippen LogP contribution in [0.25, 0.3) is 6.08 Å². The summed E-state index contributed by atoms with van der Waals surface area (Å²) in [4.78, 5) is 12.2.